The summed E-state index contributed by atoms with van der Waals surface area (Å²) in [5.74, 6) is 8.48. The number of nitrogens with zero attached hydrogens (tertiary/aromatic N) is 3. The topological polar surface area (TPSA) is 85.3 Å². The molecular weight excluding hydrogens is 392 g/mol. The monoisotopic (exact) mass is 418 g/mol. The molecular formula is C24H26N4O3. The molecule has 3 heterocycles. The Morgan fingerprint density at radius 1 is 1.23 bits per heavy atom. The third-order valence-corrected chi connectivity index (χ3v) is 5.85. The number of hydrogen-bond donors (Lipinski definition) is 2. The van der Waals surface area contributed by atoms with E-state index in [2.05, 4.69) is 27.3 Å². The van der Waals surface area contributed by atoms with Crippen LogP contribution in [0.2, 0.25) is 0 Å². The lowest BCUT2D eigenvalue weighted by Gasteiger charge is -2.38. The molecule has 1 saturated heterocycles. The molecule has 2 aromatic heterocycles. The van der Waals surface area contributed by atoms with Gasteiger partial charge in [-0.25, -0.2) is 4.98 Å². The van der Waals surface area contributed by atoms with E-state index in [4.69, 9.17) is 9.26 Å². The first kappa shape index (κ1) is 20.0. The molecule has 31 heavy (non-hydrogen) atoms. The molecule has 1 aliphatic heterocycles. The van der Waals surface area contributed by atoms with Crippen LogP contribution in [-0.4, -0.2) is 45.1 Å². The van der Waals surface area contributed by atoms with Crippen LogP contribution in [0.1, 0.15) is 43.0 Å². The van der Waals surface area contributed by atoms with Crippen LogP contribution in [-0.2, 0) is 11.3 Å². The number of ether oxygens (including phenoxy) is 1. The van der Waals surface area contributed by atoms with Crippen LogP contribution in [0.4, 0.5) is 0 Å². The zero-order chi connectivity index (χ0) is 21.2. The van der Waals surface area contributed by atoms with Gasteiger partial charge in [-0.3, -0.25) is 0 Å². The highest BCUT2D eigenvalue weighted by atomic mass is 16.5. The second-order valence-corrected chi connectivity index (χ2v) is 8.38. The molecule has 1 saturated carbocycles. The predicted octanol–water partition coefficient (Wildman–Crippen LogP) is 2.76. The van der Waals surface area contributed by atoms with E-state index in [0.717, 1.165) is 42.9 Å². The Bertz CT molecular complexity index is 1080. The molecule has 0 amide bonds. The standard InChI is InChI=1S/C24H26N4O3/c1-16(29)24-25-8-9-28(24)13-21-12-23(31-27-21)19-6-4-17(5-7-19)2-3-18-10-20(11-18)26-22-14-30-15-22/h4-9,12,16,18,20,22,26,29H,10-11,13-15H2,1H3/t16-,18-,20-/m0/s1. The molecule has 0 bridgehead atoms. The Morgan fingerprint density at radius 2 is 2.03 bits per heavy atom. The van der Waals surface area contributed by atoms with Crippen LogP contribution < -0.4 is 5.32 Å². The Labute approximate surface area is 181 Å². The first-order valence-corrected chi connectivity index (χ1v) is 10.7. The van der Waals surface area contributed by atoms with Crippen molar-refractivity contribution in [1.29, 1.82) is 0 Å². The van der Waals surface area contributed by atoms with E-state index in [0.29, 0.717) is 36.1 Å². The number of hydrogen-bond acceptors (Lipinski definition) is 6. The smallest absolute Gasteiger partial charge is 0.167 e. The summed E-state index contributed by atoms with van der Waals surface area (Å²) in [7, 11) is 0. The Morgan fingerprint density at radius 3 is 2.74 bits per heavy atom. The molecule has 7 heteroatoms. The molecule has 0 radical (unpaired) electrons. The van der Waals surface area contributed by atoms with Crippen molar-refractivity contribution in [3.05, 3.63) is 59.8 Å². The van der Waals surface area contributed by atoms with Crippen molar-refractivity contribution in [2.45, 2.75) is 44.5 Å². The molecule has 1 atom stereocenters. The van der Waals surface area contributed by atoms with Crippen molar-refractivity contribution in [2.24, 2.45) is 5.92 Å². The van der Waals surface area contributed by atoms with Gasteiger partial charge < -0.3 is 24.3 Å². The predicted molar refractivity (Wildman–Crippen MR) is 115 cm³/mol. The summed E-state index contributed by atoms with van der Waals surface area (Å²) in [6.07, 6.45) is 5.11. The number of aliphatic hydroxyl groups excluding tert-OH is 1. The maximum absolute atomic E-state index is 9.79. The van der Waals surface area contributed by atoms with Gasteiger partial charge in [-0.2, -0.15) is 0 Å². The van der Waals surface area contributed by atoms with Crippen LogP contribution in [0.25, 0.3) is 11.3 Å². The van der Waals surface area contributed by atoms with Crippen molar-refractivity contribution in [3.63, 3.8) is 0 Å². The molecule has 0 spiro atoms. The maximum atomic E-state index is 9.79. The highest BCUT2D eigenvalue weighted by Crippen LogP contribution is 2.28. The summed E-state index contributed by atoms with van der Waals surface area (Å²) in [6, 6.07) is 11.1. The number of imidazole rings is 1. The van der Waals surface area contributed by atoms with E-state index in [1.54, 1.807) is 13.1 Å². The Balaban J connectivity index is 1.17. The molecule has 2 N–H and O–H groups in total. The van der Waals surface area contributed by atoms with Crippen LogP contribution in [0.5, 0.6) is 0 Å². The highest BCUT2D eigenvalue weighted by Gasteiger charge is 2.31. The number of aliphatic hydroxyl groups is 1. The number of aromatic nitrogens is 3. The first-order valence-electron chi connectivity index (χ1n) is 10.7. The lowest BCUT2D eigenvalue weighted by molar-refractivity contribution is -0.0163. The average Bonchev–Trinajstić information content (AvgIpc) is 3.35. The van der Waals surface area contributed by atoms with Crippen molar-refractivity contribution in [3.8, 4) is 23.2 Å². The summed E-state index contributed by atoms with van der Waals surface area (Å²) in [6.45, 7) is 3.89. The molecule has 0 unspecified atom stereocenters. The quantitative estimate of drug-likeness (QED) is 0.599. The van der Waals surface area contributed by atoms with Crippen LogP contribution in [0, 0.1) is 17.8 Å². The van der Waals surface area contributed by atoms with Gasteiger partial charge in [0, 0.05) is 41.5 Å². The van der Waals surface area contributed by atoms with Gasteiger partial charge in [0.25, 0.3) is 0 Å². The van der Waals surface area contributed by atoms with E-state index >= 15 is 0 Å². The highest BCUT2D eigenvalue weighted by molar-refractivity contribution is 5.59. The lowest BCUT2D eigenvalue weighted by Crippen LogP contribution is -2.54. The minimum Gasteiger partial charge on any atom is -0.385 e. The lowest BCUT2D eigenvalue weighted by atomic mass is 9.80. The van der Waals surface area contributed by atoms with E-state index < -0.39 is 6.10 Å². The number of benzene rings is 1. The fraction of sp³-hybridized carbons (Fsp3) is 0.417. The molecule has 1 aromatic carbocycles. The molecule has 2 aliphatic rings. The summed E-state index contributed by atoms with van der Waals surface area (Å²) in [5.41, 5.74) is 2.74. The van der Waals surface area contributed by atoms with Gasteiger partial charge in [0.15, 0.2) is 5.76 Å². The third kappa shape index (κ3) is 4.57. The van der Waals surface area contributed by atoms with Gasteiger partial charge in [-0.05, 0) is 44.0 Å². The number of rotatable bonds is 6. The average molecular weight is 418 g/mol. The van der Waals surface area contributed by atoms with Crippen LogP contribution >= 0.6 is 0 Å². The SMILES string of the molecule is C[C@H](O)c1nccn1Cc1cc(-c2ccc(C#C[C@H]3C[C@H](NC4COC4)C3)cc2)on1. The van der Waals surface area contributed by atoms with Crippen LogP contribution in [0.3, 0.4) is 0 Å². The zero-order valence-electron chi connectivity index (χ0n) is 17.5. The van der Waals surface area contributed by atoms with Gasteiger partial charge >= 0.3 is 0 Å². The fourth-order valence-electron chi connectivity index (χ4n) is 3.96. The second kappa shape index (κ2) is 8.67. The number of nitrogens with one attached hydrogen (secondary N) is 1. The van der Waals surface area contributed by atoms with Gasteiger partial charge in [0.1, 0.15) is 17.6 Å². The zero-order valence-corrected chi connectivity index (χ0v) is 17.5. The van der Waals surface area contributed by atoms with E-state index in [-0.39, 0.29) is 0 Å². The summed E-state index contributed by atoms with van der Waals surface area (Å²) in [5, 5.41) is 17.6. The molecule has 160 valence electrons. The molecule has 2 fully saturated rings. The van der Waals surface area contributed by atoms with Crippen molar-refractivity contribution in [2.75, 3.05) is 13.2 Å². The largest absolute Gasteiger partial charge is 0.385 e. The Kier molecular flexibility index (Phi) is 5.60. The van der Waals surface area contributed by atoms with Crippen molar-refractivity contribution >= 4 is 0 Å². The van der Waals surface area contributed by atoms with Gasteiger partial charge in [0.05, 0.1) is 25.8 Å². The minimum atomic E-state index is -0.630. The molecule has 5 rings (SSSR count). The molecule has 7 nitrogen and oxygen atoms in total. The second-order valence-electron chi connectivity index (χ2n) is 8.38. The molecule has 3 aromatic rings. The van der Waals surface area contributed by atoms with Gasteiger partial charge in [0.2, 0.25) is 0 Å². The Hall–Kier alpha value is -2.92. The maximum Gasteiger partial charge on any atom is 0.167 e. The van der Waals surface area contributed by atoms with Gasteiger partial charge in [-0.15, -0.1) is 0 Å². The summed E-state index contributed by atoms with van der Waals surface area (Å²) in [4.78, 5) is 4.18. The summed E-state index contributed by atoms with van der Waals surface area (Å²) >= 11 is 0. The van der Waals surface area contributed by atoms with Crippen molar-refractivity contribution in [1.82, 2.24) is 20.0 Å². The van der Waals surface area contributed by atoms with Gasteiger partial charge in [-0.1, -0.05) is 17.0 Å². The molecule has 1 aliphatic carbocycles. The van der Waals surface area contributed by atoms with E-state index in [1.165, 1.54) is 0 Å². The van der Waals surface area contributed by atoms with E-state index in [1.807, 2.05) is 41.1 Å². The minimum absolute atomic E-state index is 0.477. The first-order chi connectivity index (χ1) is 15.1. The van der Waals surface area contributed by atoms with Crippen molar-refractivity contribution < 1.29 is 14.4 Å². The summed E-state index contributed by atoms with van der Waals surface area (Å²) < 4.78 is 12.6. The third-order valence-electron chi connectivity index (χ3n) is 5.85. The van der Waals surface area contributed by atoms with E-state index in [9.17, 15) is 5.11 Å². The fourth-order valence-corrected chi connectivity index (χ4v) is 3.96. The van der Waals surface area contributed by atoms with Crippen LogP contribution in [0.15, 0.2) is 47.2 Å². The normalized spacial score (nSPS) is 21.6.